The Labute approximate surface area is 199 Å². The zero-order chi connectivity index (χ0) is 24.0. The molecule has 2 aliphatic carbocycles. The van der Waals surface area contributed by atoms with E-state index in [-0.39, 0.29) is 30.8 Å². The van der Waals surface area contributed by atoms with E-state index in [0.717, 1.165) is 16.5 Å². The molecule has 0 saturated carbocycles. The van der Waals surface area contributed by atoms with Gasteiger partial charge in [0.1, 0.15) is 18.1 Å². The van der Waals surface area contributed by atoms with Gasteiger partial charge in [0.15, 0.2) is 0 Å². The first kappa shape index (κ1) is 25.4. The third kappa shape index (κ3) is 7.38. The summed E-state index contributed by atoms with van der Waals surface area (Å²) < 4.78 is 49.8. The van der Waals surface area contributed by atoms with Gasteiger partial charge in [-0.3, -0.25) is 0 Å². The molecule has 0 aromatic heterocycles. The number of aryl methyl sites for hydroxylation is 1. The van der Waals surface area contributed by atoms with Crippen LogP contribution in [0.5, 0.6) is 5.75 Å². The largest absolute Gasteiger partial charge is 0.492 e. The van der Waals surface area contributed by atoms with Crippen molar-refractivity contribution in [3.63, 3.8) is 0 Å². The lowest BCUT2D eigenvalue weighted by atomic mass is 9.94. The highest BCUT2D eigenvalue weighted by molar-refractivity contribution is 8.00. The van der Waals surface area contributed by atoms with Crippen LogP contribution in [0.15, 0.2) is 75.0 Å². The van der Waals surface area contributed by atoms with Crippen LogP contribution in [-0.4, -0.2) is 36.0 Å². The molecular weight excluding hydrogens is 479 g/mol. The molecule has 3 rings (SSSR count). The second-order valence-electron chi connectivity index (χ2n) is 7.65. The Balaban J connectivity index is 1.51. The van der Waals surface area contributed by atoms with Crippen molar-refractivity contribution < 1.29 is 27.8 Å². The number of halogens is 4. The molecule has 0 spiro atoms. The van der Waals surface area contributed by atoms with Gasteiger partial charge in [0, 0.05) is 21.6 Å². The number of hydrogen-bond donors (Lipinski definition) is 1. The molecule has 2 aliphatic rings. The maximum atomic E-state index is 12.9. The molecule has 10 heteroatoms. The number of allylic oxidation sites excluding steroid dienone is 5. The van der Waals surface area contributed by atoms with E-state index in [2.05, 4.69) is 5.18 Å². The highest BCUT2D eigenvalue weighted by Crippen LogP contribution is 2.37. The Morgan fingerprint density at radius 3 is 2.79 bits per heavy atom. The molecule has 33 heavy (non-hydrogen) atoms. The maximum Gasteiger partial charge on any atom is 0.412 e. The third-order valence-electron chi connectivity index (χ3n) is 5.03. The van der Waals surface area contributed by atoms with Crippen molar-refractivity contribution in [3.8, 4) is 5.75 Å². The Hall–Kier alpha value is -2.23. The molecule has 1 N–H and O–H groups in total. The van der Waals surface area contributed by atoms with E-state index in [0.29, 0.717) is 23.0 Å². The van der Waals surface area contributed by atoms with E-state index >= 15 is 0 Å². The first-order valence-corrected chi connectivity index (χ1v) is 11.5. The molecule has 1 aromatic carbocycles. The van der Waals surface area contributed by atoms with Crippen LogP contribution in [0.2, 0.25) is 0 Å². The molecule has 0 bridgehead atoms. The average Bonchev–Trinajstić information content (AvgIpc) is 2.77. The van der Waals surface area contributed by atoms with E-state index in [1.54, 1.807) is 23.9 Å². The Bertz CT molecular complexity index is 990. The van der Waals surface area contributed by atoms with Crippen molar-refractivity contribution in [1.29, 1.82) is 0 Å². The van der Waals surface area contributed by atoms with Crippen molar-refractivity contribution in [2.45, 2.75) is 42.3 Å². The number of benzene rings is 1. The Kier molecular flexibility index (Phi) is 8.67. The minimum atomic E-state index is -4.33. The normalized spacial score (nSPS) is 21.6. The fourth-order valence-corrected chi connectivity index (χ4v) is 4.84. The highest BCUT2D eigenvalue weighted by Gasteiger charge is 2.35. The number of alkyl halides is 3. The predicted molar refractivity (Wildman–Crippen MR) is 122 cm³/mol. The highest BCUT2D eigenvalue weighted by atomic mass is 35.5. The second kappa shape index (κ2) is 11.3. The van der Waals surface area contributed by atoms with Crippen molar-refractivity contribution >= 4 is 23.4 Å². The van der Waals surface area contributed by atoms with Crippen LogP contribution in [0.3, 0.4) is 0 Å². The fourth-order valence-electron chi connectivity index (χ4n) is 3.34. The van der Waals surface area contributed by atoms with Crippen LogP contribution in [0.4, 0.5) is 13.2 Å². The zero-order valence-corrected chi connectivity index (χ0v) is 19.3. The van der Waals surface area contributed by atoms with Crippen molar-refractivity contribution in [2.75, 3.05) is 13.2 Å². The molecule has 0 saturated heterocycles. The van der Waals surface area contributed by atoms with Crippen LogP contribution in [0.25, 0.3) is 0 Å². The van der Waals surface area contributed by atoms with Gasteiger partial charge in [-0.2, -0.15) is 13.2 Å². The number of rotatable bonds is 9. The van der Waals surface area contributed by atoms with E-state index in [1.165, 1.54) is 6.08 Å². The van der Waals surface area contributed by atoms with Gasteiger partial charge in [-0.1, -0.05) is 29.8 Å². The predicted octanol–water partition coefficient (Wildman–Crippen LogP) is 6.41. The lowest BCUT2D eigenvalue weighted by molar-refractivity contribution is -0.0955. The molecule has 0 amide bonds. The number of hydrogen-bond acceptors (Lipinski definition) is 6. The van der Waals surface area contributed by atoms with Crippen LogP contribution in [0.1, 0.15) is 18.4 Å². The molecule has 3 unspecified atom stereocenters. The topological polar surface area (TPSA) is 68.1 Å². The summed E-state index contributed by atoms with van der Waals surface area (Å²) in [5.74, 6) is 0.665. The lowest BCUT2D eigenvalue weighted by Crippen LogP contribution is -2.19. The number of thioether (sulfide) groups is 1. The Morgan fingerprint density at radius 1 is 1.33 bits per heavy atom. The van der Waals surface area contributed by atoms with Crippen molar-refractivity contribution in [1.82, 2.24) is 0 Å². The minimum Gasteiger partial charge on any atom is -0.492 e. The molecule has 0 heterocycles. The molecule has 5 nitrogen and oxygen atoms in total. The summed E-state index contributed by atoms with van der Waals surface area (Å²) in [6, 6.07) is 5.56. The van der Waals surface area contributed by atoms with Gasteiger partial charge >= 0.3 is 6.18 Å². The van der Waals surface area contributed by atoms with Crippen LogP contribution in [-0.2, 0) is 4.74 Å². The molecule has 0 aliphatic heterocycles. The van der Waals surface area contributed by atoms with Gasteiger partial charge in [0.05, 0.1) is 11.6 Å². The SMILES string of the molecule is Cc1cc(SC2C=C(Cl)C(OCC3C=CC=C(C(F)(F)F)C3)=CC2)ccc1OCC(O)N=O. The molecular formula is C23H23ClF3NO4S. The van der Waals surface area contributed by atoms with Gasteiger partial charge < -0.3 is 14.6 Å². The summed E-state index contributed by atoms with van der Waals surface area (Å²) in [5.41, 5.74) is 0.286. The first-order chi connectivity index (χ1) is 15.7. The van der Waals surface area contributed by atoms with E-state index in [4.69, 9.17) is 21.1 Å². The maximum absolute atomic E-state index is 12.9. The molecule has 178 valence electrons. The van der Waals surface area contributed by atoms with Gasteiger partial charge in [0.2, 0.25) is 6.23 Å². The fraction of sp³-hybridized carbons (Fsp3) is 0.391. The summed E-state index contributed by atoms with van der Waals surface area (Å²) in [4.78, 5) is 11.2. The van der Waals surface area contributed by atoms with Crippen molar-refractivity contribution in [2.24, 2.45) is 11.1 Å². The van der Waals surface area contributed by atoms with Gasteiger partial charge in [-0.15, -0.1) is 16.7 Å². The van der Waals surface area contributed by atoms with Crippen LogP contribution >= 0.6 is 23.4 Å². The molecule has 3 atom stereocenters. The van der Waals surface area contributed by atoms with Crippen molar-refractivity contribution in [3.05, 3.63) is 75.4 Å². The number of nitrogens with zero attached hydrogens (tertiary/aromatic N) is 1. The smallest absolute Gasteiger partial charge is 0.412 e. The number of aliphatic hydroxyl groups excluding tert-OH is 1. The van der Waals surface area contributed by atoms with E-state index < -0.39 is 18.0 Å². The van der Waals surface area contributed by atoms with Crippen LogP contribution in [0, 0.1) is 17.7 Å². The summed E-state index contributed by atoms with van der Waals surface area (Å²) in [6.07, 6.45) is 2.74. The summed E-state index contributed by atoms with van der Waals surface area (Å²) in [6.45, 7) is 1.76. The standard InChI is InChI=1S/C23H23ClF3NO4S/c1-14-9-17(5-7-20(14)32-13-22(29)28-30)33-18-6-8-21(19(24)11-18)31-12-15-3-2-4-16(10-15)23(25,26)27/h2-5,7-9,11,15,18,22,29H,6,10,12-13H2,1H3. The van der Waals surface area contributed by atoms with Gasteiger partial charge in [-0.05, 0) is 60.9 Å². The molecule has 0 radical (unpaired) electrons. The third-order valence-corrected chi connectivity index (χ3v) is 6.50. The quantitative estimate of drug-likeness (QED) is 0.396. The van der Waals surface area contributed by atoms with E-state index in [9.17, 15) is 23.2 Å². The number of aliphatic hydroxyl groups is 1. The zero-order valence-electron chi connectivity index (χ0n) is 17.7. The summed E-state index contributed by atoms with van der Waals surface area (Å²) >= 11 is 7.96. The average molecular weight is 502 g/mol. The Morgan fingerprint density at radius 2 is 2.12 bits per heavy atom. The van der Waals surface area contributed by atoms with Gasteiger partial charge in [-0.25, -0.2) is 0 Å². The monoisotopic (exact) mass is 501 g/mol. The van der Waals surface area contributed by atoms with Crippen LogP contribution < -0.4 is 4.74 Å². The minimum absolute atomic E-state index is 0.0615. The second-order valence-corrected chi connectivity index (χ2v) is 9.37. The molecule has 1 aromatic rings. The van der Waals surface area contributed by atoms with Gasteiger partial charge in [0.25, 0.3) is 0 Å². The number of ether oxygens (including phenoxy) is 2. The number of nitroso groups, excluding NO2 is 1. The lowest BCUT2D eigenvalue weighted by Gasteiger charge is -2.23. The van der Waals surface area contributed by atoms with E-state index in [1.807, 2.05) is 31.2 Å². The summed E-state index contributed by atoms with van der Waals surface area (Å²) in [5, 5.41) is 12.2. The first-order valence-electron chi connectivity index (χ1n) is 10.2. The summed E-state index contributed by atoms with van der Waals surface area (Å²) in [7, 11) is 0. The molecule has 0 fully saturated rings.